The fraction of sp³-hybridized carbons (Fsp3) is 0.375. The Morgan fingerprint density at radius 3 is 2.53 bits per heavy atom. The van der Waals surface area contributed by atoms with Crippen LogP contribution in [0.3, 0.4) is 0 Å². The van der Waals surface area contributed by atoms with Crippen molar-refractivity contribution in [2.24, 2.45) is 0 Å². The Labute approximate surface area is 192 Å². The minimum atomic E-state index is -1.22. The molecular formula is C24H26ClN3O4. The fourth-order valence-electron chi connectivity index (χ4n) is 3.82. The molecule has 0 bridgehead atoms. The maximum absolute atomic E-state index is 10.5. The van der Waals surface area contributed by atoms with E-state index in [1.54, 1.807) is 0 Å². The van der Waals surface area contributed by atoms with Gasteiger partial charge in [-0.25, -0.2) is 4.79 Å². The van der Waals surface area contributed by atoms with E-state index in [-0.39, 0.29) is 11.5 Å². The molecule has 1 aliphatic rings. The average Bonchev–Trinajstić information content (AvgIpc) is 3.20. The quantitative estimate of drug-likeness (QED) is 0.468. The summed E-state index contributed by atoms with van der Waals surface area (Å²) in [5.41, 5.74) is 3.22. The zero-order chi connectivity index (χ0) is 22.7. The summed E-state index contributed by atoms with van der Waals surface area (Å²) in [6.07, 6.45) is 0.119. The first kappa shape index (κ1) is 22.3. The summed E-state index contributed by atoms with van der Waals surface area (Å²) in [7, 11) is 0. The van der Waals surface area contributed by atoms with Crippen LogP contribution in [0, 0.1) is 0 Å². The number of aromatic nitrogens is 2. The van der Waals surface area contributed by atoms with Crippen LogP contribution in [0.2, 0.25) is 5.02 Å². The number of aryl methyl sites for hydroxylation is 1. The molecule has 0 radical (unpaired) electrons. The number of hydrogen-bond acceptors (Lipinski definition) is 6. The van der Waals surface area contributed by atoms with Crippen LogP contribution in [0.4, 0.5) is 4.79 Å². The van der Waals surface area contributed by atoms with E-state index < -0.39 is 6.16 Å². The molecule has 168 valence electrons. The molecule has 0 unspecified atom stereocenters. The lowest BCUT2D eigenvalue weighted by Gasteiger charge is -2.37. The number of rotatable bonds is 8. The molecule has 1 N–H and O–H groups in total. The molecule has 0 aliphatic carbocycles. The molecule has 4 rings (SSSR count). The summed E-state index contributed by atoms with van der Waals surface area (Å²) in [5.74, 6) is 1.20. The van der Waals surface area contributed by atoms with E-state index in [0.717, 1.165) is 29.1 Å². The molecule has 1 saturated heterocycles. The number of hydrogen-bond donors (Lipinski definition) is 1. The minimum absolute atomic E-state index is 0.0355. The van der Waals surface area contributed by atoms with Gasteiger partial charge in [0.2, 0.25) is 11.7 Å². The molecule has 32 heavy (non-hydrogen) atoms. The van der Waals surface area contributed by atoms with Crippen LogP contribution < -0.4 is 0 Å². The number of likely N-dealkylation sites (tertiary alicyclic amines) is 1. The molecule has 0 amide bonds. The van der Waals surface area contributed by atoms with E-state index in [9.17, 15) is 4.79 Å². The Kier molecular flexibility index (Phi) is 6.48. The molecule has 2 aromatic carbocycles. The SMILES string of the molecule is CC(C)(CCc1nc(-c2ccc(CN3CC(OC(=O)O)C3)cc2)no1)c1ccc(Cl)cc1. The second-order valence-corrected chi connectivity index (χ2v) is 9.24. The number of ether oxygens (including phenoxy) is 1. The molecule has 2 heterocycles. The van der Waals surface area contributed by atoms with E-state index in [1.165, 1.54) is 5.56 Å². The van der Waals surface area contributed by atoms with Gasteiger partial charge in [-0.3, -0.25) is 4.90 Å². The maximum atomic E-state index is 10.5. The number of nitrogens with zero attached hydrogens (tertiary/aromatic N) is 3. The summed E-state index contributed by atoms with van der Waals surface area (Å²) < 4.78 is 10.2. The molecule has 8 heteroatoms. The second kappa shape index (κ2) is 9.30. The topological polar surface area (TPSA) is 88.7 Å². The zero-order valence-electron chi connectivity index (χ0n) is 18.1. The lowest BCUT2D eigenvalue weighted by Crippen LogP contribution is -2.52. The largest absolute Gasteiger partial charge is 0.506 e. The van der Waals surface area contributed by atoms with Crippen molar-refractivity contribution < 1.29 is 19.2 Å². The van der Waals surface area contributed by atoms with Gasteiger partial charge in [0.25, 0.3) is 0 Å². The average molecular weight is 456 g/mol. The predicted molar refractivity (Wildman–Crippen MR) is 121 cm³/mol. The Morgan fingerprint density at radius 2 is 1.88 bits per heavy atom. The molecule has 0 atom stereocenters. The molecule has 0 saturated carbocycles. The standard InChI is InChI=1S/C24H26ClN3O4/c1-24(2,18-7-9-19(25)10-8-18)12-11-21-26-22(27-32-21)17-5-3-16(4-6-17)13-28-14-20(15-28)31-23(29)30/h3-10,20H,11-15H2,1-2H3,(H,29,30). The Bertz CT molecular complexity index is 1060. The van der Waals surface area contributed by atoms with Gasteiger partial charge in [-0.05, 0) is 35.1 Å². The van der Waals surface area contributed by atoms with Gasteiger partial charge in [0.05, 0.1) is 0 Å². The van der Waals surface area contributed by atoms with Crippen LogP contribution in [0.1, 0.15) is 37.3 Å². The third-order valence-corrected chi connectivity index (χ3v) is 6.12. The van der Waals surface area contributed by atoms with Crippen LogP contribution in [-0.4, -0.2) is 45.5 Å². The lowest BCUT2D eigenvalue weighted by molar-refractivity contribution is -0.0363. The minimum Gasteiger partial charge on any atom is -0.450 e. The van der Waals surface area contributed by atoms with Crippen LogP contribution >= 0.6 is 11.6 Å². The molecule has 3 aromatic rings. The van der Waals surface area contributed by atoms with Crippen LogP contribution in [-0.2, 0) is 23.1 Å². The molecule has 7 nitrogen and oxygen atoms in total. The van der Waals surface area contributed by atoms with Crippen LogP contribution in [0.25, 0.3) is 11.4 Å². The monoisotopic (exact) mass is 455 g/mol. The first-order valence-electron chi connectivity index (χ1n) is 10.6. The highest BCUT2D eigenvalue weighted by Gasteiger charge is 2.29. The Morgan fingerprint density at radius 1 is 1.19 bits per heavy atom. The first-order valence-corrected chi connectivity index (χ1v) is 11.0. The van der Waals surface area contributed by atoms with Crippen molar-refractivity contribution in [1.29, 1.82) is 0 Å². The highest BCUT2D eigenvalue weighted by Crippen LogP contribution is 2.30. The number of halogens is 1. The summed E-state index contributed by atoms with van der Waals surface area (Å²) in [6, 6.07) is 16.0. The van der Waals surface area contributed by atoms with Crippen molar-refractivity contribution in [3.05, 3.63) is 70.6 Å². The van der Waals surface area contributed by atoms with Crippen LogP contribution in [0.15, 0.2) is 53.1 Å². The fourth-order valence-corrected chi connectivity index (χ4v) is 3.95. The Balaban J connectivity index is 1.30. The van der Waals surface area contributed by atoms with Gasteiger partial charge >= 0.3 is 6.16 Å². The lowest BCUT2D eigenvalue weighted by atomic mass is 9.80. The van der Waals surface area contributed by atoms with Crippen molar-refractivity contribution in [3.63, 3.8) is 0 Å². The molecule has 1 aromatic heterocycles. The third-order valence-electron chi connectivity index (χ3n) is 5.87. The summed E-state index contributed by atoms with van der Waals surface area (Å²) in [5, 5.41) is 13.5. The van der Waals surface area contributed by atoms with E-state index >= 15 is 0 Å². The van der Waals surface area contributed by atoms with Gasteiger partial charge in [0.1, 0.15) is 6.10 Å². The summed E-state index contributed by atoms with van der Waals surface area (Å²) in [6.45, 7) is 6.38. The van der Waals surface area contributed by atoms with Crippen molar-refractivity contribution >= 4 is 17.8 Å². The summed E-state index contributed by atoms with van der Waals surface area (Å²) in [4.78, 5) is 17.2. The normalized spacial score (nSPS) is 14.8. The van der Waals surface area contributed by atoms with E-state index in [0.29, 0.717) is 31.2 Å². The molecular weight excluding hydrogens is 430 g/mol. The van der Waals surface area contributed by atoms with Crippen molar-refractivity contribution in [3.8, 4) is 11.4 Å². The highest BCUT2D eigenvalue weighted by molar-refractivity contribution is 6.30. The molecule has 0 spiro atoms. The van der Waals surface area contributed by atoms with Gasteiger partial charge in [-0.1, -0.05) is 67.0 Å². The van der Waals surface area contributed by atoms with Crippen LogP contribution in [0.5, 0.6) is 0 Å². The van der Waals surface area contributed by atoms with Gasteiger partial charge in [-0.15, -0.1) is 0 Å². The first-order chi connectivity index (χ1) is 15.3. The Hall–Kier alpha value is -2.90. The van der Waals surface area contributed by atoms with E-state index in [1.807, 2.05) is 36.4 Å². The smallest absolute Gasteiger partial charge is 0.450 e. The number of carboxylic acid groups (broad SMARTS) is 1. The van der Waals surface area contributed by atoms with Gasteiger partial charge in [-0.2, -0.15) is 4.98 Å². The van der Waals surface area contributed by atoms with Gasteiger partial charge < -0.3 is 14.4 Å². The third kappa shape index (κ3) is 5.47. The van der Waals surface area contributed by atoms with Crippen molar-refractivity contribution in [2.75, 3.05) is 13.1 Å². The van der Waals surface area contributed by atoms with E-state index in [4.69, 9.17) is 26.0 Å². The molecule has 1 fully saturated rings. The maximum Gasteiger partial charge on any atom is 0.506 e. The zero-order valence-corrected chi connectivity index (χ0v) is 18.9. The van der Waals surface area contributed by atoms with Crippen molar-refractivity contribution in [2.45, 2.75) is 44.8 Å². The van der Waals surface area contributed by atoms with Crippen molar-refractivity contribution in [1.82, 2.24) is 15.0 Å². The predicted octanol–water partition coefficient (Wildman–Crippen LogP) is 5.18. The van der Waals surface area contributed by atoms with E-state index in [2.05, 4.69) is 41.0 Å². The highest BCUT2D eigenvalue weighted by atomic mass is 35.5. The second-order valence-electron chi connectivity index (χ2n) is 8.80. The number of carbonyl (C=O) groups is 1. The number of benzene rings is 2. The van der Waals surface area contributed by atoms with Gasteiger partial charge in [0.15, 0.2) is 0 Å². The van der Waals surface area contributed by atoms with Gasteiger partial charge in [0, 0.05) is 36.6 Å². The summed E-state index contributed by atoms with van der Waals surface area (Å²) >= 11 is 6.00. The molecule has 1 aliphatic heterocycles.